The lowest BCUT2D eigenvalue weighted by atomic mass is 10.1. The molecule has 0 unspecified atom stereocenters. The number of carbonyl (C=O) groups excluding carboxylic acids is 4. The molecule has 40 heavy (non-hydrogen) atoms. The quantitative estimate of drug-likeness (QED) is 0.282. The van der Waals surface area contributed by atoms with Gasteiger partial charge in [0.15, 0.2) is 0 Å². The first-order valence-corrected chi connectivity index (χ1v) is 12.8. The smallest absolute Gasteiger partial charge is 0.338 e. The standard InChI is InChI=1S/C30H31N3O7/c1-4-40-29(36)21-7-9-22(10-8-21)31-27(34)19-26-28(35)33(23-11-15-25(39-3)16-12-23)30(37)32(26)18-17-20-5-13-24(38-2)14-6-20/h5-16,26H,4,17-19H2,1-3H3,(H,31,34)/t26-/m1/s1. The Morgan fingerprint density at radius 3 is 2.02 bits per heavy atom. The van der Waals surface area contributed by atoms with Crippen molar-refractivity contribution in [1.82, 2.24) is 4.90 Å². The Balaban J connectivity index is 1.51. The molecule has 1 N–H and O–H groups in total. The van der Waals surface area contributed by atoms with Crippen LogP contribution in [-0.2, 0) is 20.7 Å². The number of hydrogen-bond acceptors (Lipinski definition) is 7. The highest BCUT2D eigenvalue weighted by molar-refractivity contribution is 6.22. The van der Waals surface area contributed by atoms with Crippen LogP contribution in [0.2, 0.25) is 0 Å². The van der Waals surface area contributed by atoms with E-state index in [0.29, 0.717) is 34.9 Å². The molecule has 1 aliphatic heterocycles. The van der Waals surface area contributed by atoms with Crippen molar-refractivity contribution in [2.75, 3.05) is 37.6 Å². The molecule has 1 aliphatic rings. The van der Waals surface area contributed by atoms with Crippen LogP contribution in [0.15, 0.2) is 72.8 Å². The van der Waals surface area contributed by atoms with Crippen molar-refractivity contribution in [1.29, 1.82) is 0 Å². The minimum atomic E-state index is -0.994. The van der Waals surface area contributed by atoms with E-state index in [-0.39, 0.29) is 19.6 Å². The van der Waals surface area contributed by atoms with Crippen LogP contribution >= 0.6 is 0 Å². The number of anilines is 2. The van der Waals surface area contributed by atoms with E-state index in [2.05, 4.69) is 5.32 Å². The monoisotopic (exact) mass is 545 g/mol. The number of benzene rings is 3. The average Bonchev–Trinajstić information content (AvgIpc) is 3.20. The summed E-state index contributed by atoms with van der Waals surface area (Å²) in [6, 6.07) is 18.8. The molecule has 0 bridgehead atoms. The summed E-state index contributed by atoms with van der Waals surface area (Å²) in [6.07, 6.45) is 0.242. The van der Waals surface area contributed by atoms with E-state index in [9.17, 15) is 19.2 Å². The minimum Gasteiger partial charge on any atom is -0.497 e. The van der Waals surface area contributed by atoms with Crippen molar-refractivity contribution in [2.24, 2.45) is 0 Å². The first-order chi connectivity index (χ1) is 19.3. The molecule has 0 spiro atoms. The fourth-order valence-electron chi connectivity index (χ4n) is 4.39. The maximum absolute atomic E-state index is 13.5. The van der Waals surface area contributed by atoms with Gasteiger partial charge in [-0.05, 0) is 79.6 Å². The first kappa shape index (κ1) is 28.2. The molecule has 0 aliphatic carbocycles. The predicted octanol–water partition coefficient (Wildman–Crippen LogP) is 4.29. The maximum Gasteiger partial charge on any atom is 0.338 e. The van der Waals surface area contributed by atoms with Gasteiger partial charge in [0, 0.05) is 12.2 Å². The molecule has 208 valence electrons. The number of hydrogen-bond donors (Lipinski definition) is 1. The number of esters is 1. The van der Waals surface area contributed by atoms with Crippen LogP contribution in [0.5, 0.6) is 11.5 Å². The molecule has 0 aromatic heterocycles. The zero-order valence-electron chi connectivity index (χ0n) is 22.6. The molecule has 3 aromatic carbocycles. The Morgan fingerprint density at radius 1 is 0.850 bits per heavy atom. The van der Waals surface area contributed by atoms with Crippen molar-refractivity contribution in [3.05, 3.63) is 83.9 Å². The molecule has 1 saturated heterocycles. The van der Waals surface area contributed by atoms with Crippen LogP contribution < -0.4 is 19.7 Å². The third-order valence-corrected chi connectivity index (χ3v) is 6.51. The summed E-state index contributed by atoms with van der Waals surface area (Å²) in [7, 11) is 3.11. The van der Waals surface area contributed by atoms with E-state index in [1.54, 1.807) is 62.6 Å². The zero-order valence-corrected chi connectivity index (χ0v) is 22.6. The molecular weight excluding hydrogens is 514 g/mol. The lowest BCUT2D eigenvalue weighted by Gasteiger charge is -2.21. The second kappa shape index (κ2) is 12.8. The number of carbonyl (C=O) groups is 4. The highest BCUT2D eigenvalue weighted by Crippen LogP contribution is 2.29. The van der Waals surface area contributed by atoms with E-state index >= 15 is 0 Å². The Bertz CT molecular complexity index is 1360. The second-order valence-corrected chi connectivity index (χ2v) is 9.01. The number of imide groups is 1. The number of amides is 4. The van der Waals surface area contributed by atoms with Crippen LogP contribution in [0.1, 0.15) is 29.3 Å². The van der Waals surface area contributed by atoms with Crippen molar-refractivity contribution in [2.45, 2.75) is 25.8 Å². The molecule has 1 fully saturated rings. The van der Waals surface area contributed by atoms with Crippen LogP contribution in [-0.4, -0.2) is 62.1 Å². The van der Waals surface area contributed by atoms with Crippen molar-refractivity contribution >= 4 is 35.2 Å². The zero-order chi connectivity index (χ0) is 28.6. The van der Waals surface area contributed by atoms with E-state index in [1.807, 2.05) is 24.3 Å². The molecule has 1 heterocycles. The van der Waals surface area contributed by atoms with Gasteiger partial charge in [0.2, 0.25) is 5.91 Å². The number of ether oxygens (including phenoxy) is 3. The summed E-state index contributed by atoms with van der Waals surface area (Å²) in [4.78, 5) is 54.5. The van der Waals surface area contributed by atoms with Crippen LogP contribution in [0.25, 0.3) is 0 Å². The SMILES string of the molecule is CCOC(=O)c1ccc(NC(=O)C[C@@H]2C(=O)N(c3ccc(OC)cc3)C(=O)N2CCc2ccc(OC)cc2)cc1. The number of urea groups is 1. The molecule has 1 atom stereocenters. The minimum absolute atomic E-state index is 0.232. The normalized spacial score (nSPS) is 14.7. The average molecular weight is 546 g/mol. The van der Waals surface area contributed by atoms with Gasteiger partial charge in [-0.15, -0.1) is 0 Å². The fraction of sp³-hybridized carbons (Fsp3) is 0.267. The van der Waals surface area contributed by atoms with Gasteiger partial charge in [-0.3, -0.25) is 9.59 Å². The Kier molecular flexibility index (Phi) is 9.00. The van der Waals surface area contributed by atoms with Gasteiger partial charge in [-0.1, -0.05) is 12.1 Å². The van der Waals surface area contributed by atoms with Crippen LogP contribution in [0, 0.1) is 0 Å². The molecule has 4 rings (SSSR count). The van der Waals surface area contributed by atoms with E-state index in [4.69, 9.17) is 14.2 Å². The first-order valence-electron chi connectivity index (χ1n) is 12.8. The van der Waals surface area contributed by atoms with Gasteiger partial charge in [-0.25, -0.2) is 14.5 Å². The molecule has 4 amide bonds. The van der Waals surface area contributed by atoms with Gasteiger partial charge >= 0.3 is 12.0 Å². The summed E-state index contributed by atoms with van der Waals surface area (Å²) in [5.41, 5.74) is 2.15. The Hall–Kier alpha value is -4.86. The molecule has 10 nitrogen and oxygen atoms in total. The Morgan fingerprint density at radius 2 is 1.45 bits per heavy atom. The van der Waals surface area contributed by atoms with Gasteiger partial charge in [0.1, 0.15) is 17.5 Å². The van der Waals surface area contributed by atoms with Crippen LogP contribution in [0.3, 0.4) is 0 Å². The summed E-state index contributed by atoms with van der Waals surface area (Å²) in [5.74, 6) is -0.0869. The molecule has 0 radical (unpaired) electrons. The lowest BCUT2D eigenvalue weighted by molar-refractivity contribution is -0.124. The van der Waals surface area contributed by atoms with Gasteiger partial charge in [-0.2, -0.15) is 0 Å². The van der Waals surface area contributed by atoms with E-state index < -0.39 is 29.9 Å². The Labute approximate surface area is 232 Å². The molecule has 3 aromatic rings. The maximum atomic E-state index is 13.5. The highest BCUT2D eigenvalue weighted by atomic mass is 16.5. The number of methoxy groups -OCH3 is 2. The van der Waals surface area contributed by atoms with Gasteiger partial charge in [0.05, 0.1) is 38.5 Å². The third kappa shape index (κ3) is 6.40. The van der Waals surface area contributed by atoms with E-state index in [0.717, 1.165) is 10.5 Å². The molecule has 0 saturated carbocycles. The molecule has 10 heteroatoms. The number of nitrogens with one attached hydrogen (secondary N) is 1. The van der Waals surface area contributed by atoms with E-state index in [1.165, 1.54) is 12.0 Å². The third-order valence-electron chi connectivity index (χ3n) is 6.51. The number of nitrogens with zero attached hydrogens (tertiary/aromatic N) is 2. The number of rotatable bonds is 11. The topological polar surface area (TPSA) is 114 Å². The summed E-state index contributed by atoms with van der Waals surface area (Å²) in [6.45, 7) is 2.21. The van der Waals surface area contributed by atoms with Gasteiger partial charge < -0.3 is 24.4 Å². The van der Waals surface area contributed by atoms with Gasteiger partial charge in [0.25, 0.3) is 5.91 Å². The highest BCUT2D eigenvalue weighted by Gasteiger charge is 2.46. The summed E-state index contributed by atoms with van der Waals surface area (Å²) < 4.78 is 15.4. The second-order valence-electron chi connectivity index (χ2n) is 9.01. The summed E-state index contributed by atoms with van der Waals surface area (Å²) in [5, 5.41) is 2.75. The lowest BCUT2D eigenvalue weighted by Crippen LogP contribution is -2.39. The molecular formula is C30H31N3O7. The summed E-state index contributed by atoms with van der Waals surface area (Å²) >= 11 is 0. The predicted molar refractivity (Wildman–Crippen MR) is 149 cm³/mol. The van der Waals surface area contributed by atoms with Crippen molar-refractivity contribution < 1.29 is 33.4 Å². The van der Waals surface area contributed by atoms with Crippen molar-refractivity contribution in [3.63, 3.8) is 0 Å². The van der Waals surface area contributed by atoms with Crippen molar-refractivity contribution in [3.8, 4) is 11.5 Å². The largest absolute Gasteiger partial charge is 0.497 e. The fourth-order valence-corrected chi connectivity index (χ4v) is 4.39. The van der Waals surface area contributed by atoms with Crippen LogP contribution in [0.4, 0.5) is 16.2 Å².